The number of nitrogens with one attached hydrogen (secondary N) is 10. The highest BCUT2D eigenvalue weighted by molar-refractivity contribution is 8.15. The average molecular weight is 1660 g/mol. The highest BCUT2D eigenvalue weighted by atomic mass is 32.2. The molecule has 14 N–H and O–H groups in total. The first kappa shape index (κ1) is 97.7. The third-order valence-electron chi connectivity index (χ3n) is 12.4. The molecule has 9 heterocycles. The molecule has 56 heteroatoms. The Labute approximate surface area is 653 Å². The van der Waals surface area contributed by atoms with Crippen molar-refractivity contribution in [3.8, 4) is 11.5 Å². The number of hydrogen-bond acceptors (Lipinski definition) is 43. The number of carbonyl (C=O) groups excluding carboxylic acids is 10. The minimum absolute atomic E-state index is 0.00926. The van der Waals surface area contributed by atoms with E-state index in [9.17, 15) is 66.5 Å². The zero-order chi connectivity index (χ0) is 86.6. The number of Topliss-reactive ketones (excluding diaryl/α,β-unsaturated/α-hetero) is 1. The van der Waals surface area contributed by atoms with Crippen LogP contribution in [-0.4, -0.2) is 352 Å². The number of guanidine groups is 1. The van der Waals surface area contributed by atoms with Crippen LogP contribution in [0, 0.1) is 4.84 Å². The number of ketones is 2. The molecule has 0 spiro atoms. The van der Waals surface area contributed by atoms with Crippen molar-refractivity contribution in [2.75, 3.05) is 180 Å². The predicted molar refractivity (Wildman–Crippen MR) is 405 cm³/mol. The van der Waals surface area contributed by atoms with Crippen molar-refractivity contribution in [1.29, 1.82) is 0 Å². The first-order chi connectivity index (χ1) is 52.6. The Bertz CT molecular complexity index is 4460. The van der Waals surface area contributed by atoms with Crippen molar-refractivity contribution < 1.29 is 90.3 Å². The minimum Gasteiger partial charge on any atom is -0.504 e. The molecule has 1 aliphatic carbocycles. The number of H-pyrrole nitrogens is 3. The van der Waals surface area contributed by atoms with Crippen LogP contribution in [0.3, 0.4) is 0 Å². The third kappa shape index (κ3) is 34.0. The van der Waals surface area contributed by atoms with Crippen molar-refractivity contribution in [1.82, 2.24) is 128 Å². The van der Waals surface area contributed by atoms with E-state index in [2.05, 4.69) is 128 Å². The fourth-order valence-electron chi connectivity index (χ4n) is 6.83. The van der Waals surface area contributed by atoms with Gasteiger partial charge in [0, 0.05) is 139 Å². The van der Waals surface area contributed by atoms with E-state index < -0.39 is 74.6 Å². The quantitative estimate of drug-likeness (QED) is 0.0190. The topological polar surface area (TPSA) is 664 Å². The first-order valence-electron chi connectivity index (χ1n) is 31.2. The largest absolute Gasteiger partial charge is 0.504 e. The van der Waals surface area contributed by atoms with E-state index in [1.165, 1.54) is 43.2 Å². The second-order valence-corrected chi connectivity index (χ2v) is 26.0. The summed E-state index contributed by atoms with van der Waals surface area (Å²) < 4.78 is 32.4. The van der Waals surface area contributed by atoms with Crippen LogP contribution in [0.15, 0.2) is 86.2 Å². The summed E-state index contributed by atoms with van der Waals surface area (Å²) in [6, 6.07) is -0.361. The average Bonchev–Trinajstić information content (AvgIpc) is 0.998. The van der Waals surface area contributed by atoms with Crippen LogP contribution in [0.4, 0.5) is 48.5 Å². The number of hydrogen-bond donors (Lipinski definition) is 14. The van der Waals surface area contributed by atoms with Gasteiger partial charge in [-0.25, -0.2) is 24.1 Å². The van der Waals surface area contributed by atoms with Crippen LogP contribution in [0.2, 0.25) is 0 Å². The molecular formula is C57H89N31O22S3. The van der Waals surface area contributed by atoms with E-state index in [4.69, 9.17) is 20.4 Å². The SMILES string of the molecule is CN(C)C(=O)NCc1nn[nH]n1.CN(C)C(=O)Nc1nn[nH]n1.CN(C)C1=C(O)C(=O)NC1=O.CN(C)C1=CC(=O)C=C(O)C1=O.CN(C)C1=NS(=O)ON1.CN(C)C1NC(=O)NC1=O.CN(C)C1SC(=O)NC1=O.CN(C)c1c(O)c(=O)c1=O.CN(C)c1cocc(O)c1=O.CN(C)c1nc(=S)o[nH]1.CN(C)c1ncno1. The van der Waals surface area contributed by atoms with Gasteiger partial charge in [-0.05, 0) is 57.4 Å². The van der Waals surface area contributed by atoms with Crippen molar-refractivity contribution in [2.24, 2.45) is 4.40 Å². The van der Waals surface area contributed by atoms with Crippen LogP contribution in [0.5, 0.6) is 11.5 Å². The van der Waals surface area contributed by atoms with Gasteiger partial charge in [-0.2, -0.15) is 29.8 Å². The van der Waals surface area contributed by atoms with E-state index in [0.717, 1.165) is 24.1 Å². The maximum atomic E-state index is 11.1. The van der Waals surface area contributed by atoms with Gasteiger partial charge < -0.3 is 88.6 Å². The summed E-state index contributed by atoms with van der Waals surface area (Å²) in [5.41, 5.74) is 1.23. The normalized spacial score (nSPS) is 15.2. The van der Waals surface area contributed by atoms with Gasteiger partial charge in [0.15, 0.2) is 41.3 Å². The highest BCUT2D eigenvalue weighted by Gasteiger charge is 2.34. The number of hydroxylamine groups is 1. The Hall–Kier alpha value is -13.4. The highest BCUT2D eigenvalue weighted by Crippen LogP contribution is 2.20. The molecule has 11 rings (SSSR count). The number of tetrazole rings is 2. The molecule has 5 aliphatic rings. The lowest BCUT2D eigenvalue weighted by molar-refractivity contribution is -0.126. The van der Waals surface area contributed by atoms with Crippen LogP contribution in [0.1, 0.15) is 5.82 Å². The standard InChI is InChI=1S/C8H9NO3.C7H9NO3.C6H8N2O3.C6H7NO3.C5H10N6O.C5H9N3O2.C5H8N2O2S.C4H8N6O.C4H7N3OS.C4H7N3O.C3H7N3O2S/c1-9(2)6-3-5(10)4-7(11)8(6)12;1-8(2)5-3-11-4-6(9)7(5)10;1-8(2)3-4(9)6(11)7-5(3)10;1-7(2)3-4(8)6(10)5(3)9;1-11(2)5(12)6-3-4-7-9-10-8-4;1-8(2)3-4(9)7-5(10)6-3;1-7(2)4-3(8)6-5(9)10-4;1-10(2)4(11)5-3-6-8-9-7-3;1-7(2)3-5-4(9)8-6-3;1-7(2)4-5-3-6-8-4;1-6(2)3-4-8-9(7)5-3/h3-4,11H,1-2H3;3-4,9H,1-2H3;1-2H3,(H2,7,9,10,11);8H,1-2H3;3H2,1-2H3,(H,6,12)(H,7,8,9,10);3H,1-2H3,(H2,6,7,9,10);4H,1-2H3,(H,6,8,9);1-2H3,(H2,5,6,7,8,9,11);1-2H3,(H,5,6,9);3H,1-2H3;1-2H3,(H,4,5). The molecule has 6 aromatic rings. The number of imide groups is 3. The molecule has 3 unspecified atom stereocenters. The smallest absolute Gasteiger partial charge is 0.323 e. The number of aromatic amines is 3. The molecule has 2 fully saturated rings. The lowest BCUT2D eigenvalue weighted by Crippen LogP contribution is -2.42. The van der Waals surface area contributed by atoms with E-state index >= 15 is 0 Å². The Morgan fingerprint density at radius 2 is 1.26 bits per heavy atom. The minimum atomic E-state index is -1.54. The number of nitrogens with zero attached hydrogens (tertiary/aromatic N) is 21. The number of anilines is 5. The maximum absolute atomic E-state index is 11.1. The number of likely N-dealkylation sites (N-methyl/N-ethyl adjacent to an activating group) is 4. The van der Waals surface area contributed by atoms with E-state index in [1.807, 2.05) is 33.5 Å². The number of carbonyl (C=O) groups is 10. The summed E-state index contributed by atoms with van der Waals surface area (Å²) in [6.45, 7) is 0.285. The third-order valence-corrected chi connectivity index (χ3v) is 14.3. The summed E-state index contributed by atoms with van der Waals surface area (Å²) in [5.74, 6) is -2.73. The molecule has 3 atom stereocenters. The fourth-order valence-corrected chi connectivity index (χ4v) is 8.22. The summed E-state index contributed by atoms with van der Waals surface area (Å²) in [6.07, 6.45) is 5.27. The van der Waals surface area contributed by atoms with Gasteiger partial charge in [0.25, 0.3) is 45.7 Å². The number of aromatic nitrogens is 12. The molecule has 4 aliphatic heterocycles. The van der Waals surface area contributed by atoms with Crippen molar-refractivity contribution in [3.05, 3.63) is 95.2 Å². The number of rotatable bonds is 11. The van der Waals surface area contributed by atoms with Gasteiger partial charge in [0.2, 0.25) is 34.6 Å². The van der Waals surface area contributed by atoms with Gasteiger partial charge in [0.05, 0.1) is 12.2 Å². The maximum Gasteiger partial charge on any atom is 0.323 e. The number of urea groups is 3. The van der Waals surface area contributed by atoms with Crippen molar-refractivity contribution >= 4 is 129 Å². The number of aliphatic hydroxyl groups excluding tert-OH is 2. The predicted octanol–water partition coefficient (Wildman–Crippen LogP) is -4.75. The number of aromatic hydroxyl groups is 2. The van der Waals surface area contributed by atoms with Gasteiger partial charge in [-0.1, -0.05) is 15.5 Å². The number of allylic oxidation sites excluding steroid dienone is 2. The summed E-state index contributed by atoms with van der Waals surface area (Å²) in [4.78, 5) is 165. The summed E-state index contributed by atoms with van der Waals surface area (Å²) in [7, 11) is 37.4. The molecule has 622 valence electrons. The second-order valence-electron chi connectivity index (χ2n) is 23.8. The Kier molecular flexibility index (Phi) is 41.1. The molecule has 0 bridgehead atoms. The molecule has 5 aromatic heterocycles. The molecule has 1 aromatic carbocycles. The zero-order valence-electron chi connectivity index (χ0n) is 65.0. The summed E-state index contributed by atoms with van der Waals surface area (Å²) >= 11 is 4.09. The number of aliphatic hydroxyl groups is 2. The van der Waals surface area contributed by atoms with E-state index in [1.54, 1.807) is 156 Å². The molecular weight excluding hydrogens is 1570 g/mol. The van der Waals surface area contributed by atoms with Crippen LogP contribution >= 0.6 is 24.0 Å². The molecule has 113 heavy (non-hydrogen) atoms. The van der Waals surface area contributed by atoms with Crippen LogP contribution in [-0.2, 0) is 50.9 Å². The second kappa shape index (κ2) is 47.5. The molecule has 11 amide bonds. The van der Waals surface area contributed by atoms with Gasteiger partial charge in [-0.15, -0.1) is 19.7 Å². The van der Waals surface area contributed by atoms with Crippen molar-refractivity contribution in [2.45, 2.75) is 18.1 Å². The monoisotopic (exact) mass is 1660 g/mol. The Balaban J connectivity index is 0.000000622. The zero-order valence-corrected chi connectivity index (χ0v) is 67.5. The van der Waals surface area contributed by atoms with Crippen LogP contribution in [0.25, 0.3) is 0 Å². The lowest BCUT2D eigenvalue weighted by atomic mass is 10.1. The Morgan fingerprint density at radius 1 is 0.646 bits per heavy atom. The van der Waals surface area contributed by atoms with Crippen LogP contribution < -0.4 is 73.3 Å². The lowest BCUT2D eigenvalue weighted by Gasteiger charge is -2.16. The first-order valence-corrected chi connectivity index (χ1v) is 33.5. The van der Waals surface area contributed by atoms with Crippen molar-refractivity contribution in [3.63, 3.8) is 0 Å². The van der Waals surface area contributed by atoms with Gasteiger partial charge in [0.1, 0.15) is 29.3 Å². The van der Waals surface area contributed by atoms with Gasteiger partial charge >= 0.3 is 40.2 Å². The summed E-state index contributed by atoms with van der Waals surface area (Å²) in [5, 5.41) is 80.2. The fraction of sp³-hybridized carbons (Fsp3) is 0.439. The van der Waals surface area contributed by atoms with E-state index in [-0.39, 0.29) is 80.4 Å². The molecule has 0 radical (unpaired) electrons. The number of thioether (sulfide) groups is 1. The van der Waals surface area contributed by atoms with Gasteiger partial charge in [-0.3, -0.25) is 79.0 Å². The Morgan fingerprint density at radius 3 is 1.58 bits per heavy atom. The van der Waals surface area contributed by atoms with E-state index in [0.29, 0.717) is 29.4 Å². The number of amides is 11. The molecule has 53 nitrogen and oxygen atoms in total. The molecule has 0 saturated carbocycles. The molecule has 2 saturated heterocycles.